The molecule has 0 heterocycles. The van der Waals surface area contributed by atoms with Crippen LogP contribution in [-0.4, -0.2) is 12.0 Å². The number of nitro benzene ring substituents is 1. The summed E-state index contributed by atoms with van der Waals surface area (Å²) in [5.74, 6) is 0.453. The van der Waals surface area contributed by atoms with Gasteiger partial charge in [-0.15, -0.1) is 0 Å². The molecule has 0 spiro atoms. The van der Waals surface area contributed by atoms with Crippen LogP contribution in [0.15, 0.2) is 18.2 Å². The van der Waals surface area contributed by atoms with Crippen LogP contribution in [0.4, 0.5) is 5.69 Å². The average Bonchev–Trinajstić information content (AvgIpc) is 2.15. The zero-order valence-electron chi connectivity index (χ0n) is 8.98. The Balaban J connectivity index is 3.34. The summed E-state index contributed by atoms with van der Waals surface area (Å²) in [5.41, 5.74) is 5.58. The van der Waals surface area contributed by atoms with Gasteiger partial charge in [0.15, 0.2) is 0 Å². The van der Waals surface area contributed by atoms with Crippen LogP contribution < -0.4 is 10.5 Å². The predicted molar refractivity (Wildman–Crippen MR) is 56.9 cm³/mol. The molecule has 5 nitrogen and oxygen atoms in total. The van der Waals surface area contributed by atoms with Crippen molar-refractivity contribution in [3.8, 4) is 5.75 Å². The van der Waals surface area contributed by atoms with Crippen molar-refractivity contribution in [2.24, 2.45) is 5.73 Å². The molecule has 0 atom stereocenters. The van der Waals surface area contributed by atoms with Gasteiger partial charge < -0.3 is 10.5 Å². The Morgan fingerprint density at radius 3 is 2.47 bits per heavy atom. The first-order valence-electron chi connectivity index (χ1n) is 4.48. The summed E-state index contributed by atoms with van der Waals surface area (Å²) in [4.78, 5) is 10.4. The van der Waals surface area contributed by atoms with Crippen LogP contribution in [0, 0.1) is 10.1 Å². The molecule has 0 saturated carbocycles. The molecule has 0 bridgehead atoms. The zero-order valence-corrected chi connectivity index (χ0v) is 8.98. The molecular weight excluding hydrogens is 196 g/mol. The summed E-state index contributed by atoms with van der Waals surface area (Å²) in [5, 5.41) is 10.8. The van der Waals surface area contributed by atoms with Gasteiger partial charge in [-0.25, -0.2) is 0 Å². The fraction of sp³-hybridized carbons (Fsp3) is 0.400. The minimum absolute atomic E-state index is 0.0122. The molecular formula is C10H14N2O3. The van der Waals surface area contributed by atoms with Crippen molar-refractivity contribution in [1.29, 1.82) is 0 Å². The maximum atomic E-state index is 10.8. The van der Waals surface area contributed by atoms with Gasteiger partial charge in [0.1, 0.15) is 5.75 Å². The Morgan fingerprint density at radius 1 is 1.47 bits per heavy atom. The first-order chi connectivity index (χ1) is 6.86. The number of nitrogens with two attached hydrogens (primary N) is 1. The molecule has 0 radical (unpaired) electrons. The maximum absolute atomic E-state index is 10.8. The fourth-order valence-corrected chi connectivity index (χ4v) is 1.33. The first-order valence-corrected chi connectivity index (χ1v) is 4.48. The van der Waals surface area contributed by atoms with Crippen molar-refractivity contribution in [1.82, 2.24) is 0 Å². The third-order valence-electron chi connectivity index (χ3n) is 2.10. The van der Waals surface area contributed by atoms with Crippen molar-refractivity contribution in [3.63, 3.8) is 0 Å². The minimum Gasteiger partial charge on any atom is -0.497 e. The second-order valence-corrected chi connectivity index (χ2v) is 3.86. The molecule has 1 rings (SSSR count). The molecule has 0 amide bonds. The minimum atomic E-state index is -0.741. The van der Waals surface area contributed by atoms with Gasteiger partial charge >= 0.3 is 0 Å². The van der Waals surface area contributed by atoms with Crippen LogP contribution >= 0.6 is 0 Å². The molecule has 2 N–H and O–H groups in total. The third-order valence-corrected chi connectivity index (χ3v) is 2.10. The molecule has 0 aliphatic carbocycles. The number of hydrogen-bond donors (Lipinski definition) is 1. The molecule has 0 aliphatic rings. The highest BCUT2D eigenvalue weighted by atomic mass is 16.6. The predicted octanol–water partition coefficient (Wildman–Crippen LogP) is 1.80. The van der Waals surface area contributed by atoms with Gasteiger partial charge in [-0.05, 0) is 26.0 Å². The largest absolute Gasteiger partial charge is 0.497 e. The Labute approximate surface area is 88.0 Å². The van der Waals surface area contributed by atoms with Crippen LogP contribution in [0.1, 0.15) is 19.4 Å². The van der Waals surface area contributed by atoms with E-state index in [4.69, 9.17) is 10.5 Å². The van der Waals surface area contributed by atoms with Gasteiger partial charge in [-0.2, -0.15) is 0 Å². The maximum Gasteiger partial charge on any atom is 0.278 e. The van der Waals surface area contributed by atoms with Crippen LogP contribution in [0.2, 0.25) is 0 Å². The number of benzene rings is 1. The molecule has 15 heavy (non-hydrogen) atoms. The zero-order chi connectivity index (χ0) is 11.6. The standard InChI is InChI=1S/C10H14N2O3/c1-10(2,11)8-5-4-7(15-3)6-9(8)12(13)14/h4-6H,11H2,1-3H3. The Kier molecular flexibility index (Phi) is 2.95. The molecule has 0 aliphatic heterocycles. The number of hydrogen-bond acceptors (Lipinski definition) is 4. The van der Waals surface area contributed by atoms with Gasteiger partial charge in [-0.1, -0.05) is 0 Å². The lowest BCUT2D eigenvalue weighted by Gasteiger charge is -2.19. The second-order valence-electron chi connectivity index (χ2n) is 3.86. The van der Waals surface area contributed by atoms with Gasteiger partial charge in [0.05, 0.1) is 18.1 Å². The summed E-state index contributed by atoms with van der Waals surface area (Å²) in [6, 6.07) is 4.66. The highest BCUT2D eigenvalue weighted by Crippen LogP contribution is 2.30. The number of nitrogens with zero attached hydrogens (tertiary/aromatic N) is 1. The topological polar surface area (TPSA) is 78.4 Å². The van der Waals surface area contributed by atoms with Crippen molar-refractivity contribution in [3.05, 3.63) is 33.9 Å². The SMILES string of the molecule is COc1ccc(C(C)(C)N)c([N+](=O)[O-])c1. The van der Waals surface area contributed by atoms with Crippen LogP contribution in [-0.2, 0) is 5.54 Å². The van der Waals surface area contributed by atoms with E-state index in [1.807, 2.05) is 0 Å². The molecule has 5 heteroatoms. The van der Waals surface area contributed by atoms with Gasteiger partial charge in [0.2, 0.25) is 0 Å². The van der Waals surface area contributed by atoms with Crippen LogP contribution in [0.5, 0.6) is 5.75 Å². The lowest BCUT2D eigenvalue weighted by atomic mass is 9.94. The van der Waals surface area contributed by atoms with E-state index in [0.29, 0.717) is 11.3 Å². The van der Waals surface area contributed by atoms with Crippen LogP contribution in [0.3, 0.4) is 0 Å². The van der Waals surface area contributed by atoms with E-state index in [2.05, 4.69) is 0 Å². The van der Waals surface area contributed by atoms with E-state index in [9.17, 15) is 10.1 Å². The van der Waals surface area contributed by atoms with Crippen LogP contribution in [0.25, 0.3) is 0 Å². The Hall–Kier alpha value is -1.62. The van der Waals surface area contributed by atoms with Gasteiger partial charge in [0, 0.05) is 11.1 Å². The van der Waals surface area contributed by atoms with E-state index >= 15 is 0 Å². The van der Waals surface area contributed by atoms with E-state index in [1.165, 1.54) is 13.2 Å². The number of rotatable bonds is 3. The van der Waals surface area contributed by atoms with E-state index in [-0.39, 0.29) is 5.69 Å². The summed E-state index contributed by atoms with van der Waals surface area (Å²) in [7, 11) is 1.46. The number of nitro groups is 1. The normalized spacial score (nSPS) is 11.2. The van der Waals surface area contributed by atoms with Gasteiger partial charge in [-0.3, -0.25) is 10.1 Å². The molecule has 1 aromatic carbocycles. The van der Waals surface area contributed by atoms with Crippen molar-refractivity contribution in [2.45, 2.75) is 19.4 Å². The fourth-order valence-electron chi connectivity index (χ4n) is 1.33. The second kappa shape index (κ2) is 3.86. The summed E-state index contributed by atoms with van der Waals surface area (Å²) >= 11 is 0. The molecule has 82 valence electrons. The lowest BCUT2D eigenvalue weighted by molar-refractivity contribution is -0.386. The highest BCUT2D eigenvalue weighted by molar-refractivity contribution is 5.49. The number of methoxy groups -OCH3 is 1. The van der Waals surface area contributed by atoms with Crippen molar-refractivity contribution >= 4 is 5.69 Å². The van der Waals surface area contributed by atoms with E-state index in [0.717, 1.165) is 0 Å². The Morgan fingerprint density at radius 2 is 2.07 bits per heavy atom. The van der Waals surface area contributed by atoms with Crippen molar-refractivity contribution in [2.75, 3.05) is 7.11 Å². The molecule has 0 unspecified atom stereocenters. The molecule has 1 aromatic rings. The highest BCUT2D eigenvalue weighted by Gasteiger charge is 2.25. The van der Waals surface area contributed by atoms with E-state index in [1.54, 1.807) is 26.0 Å². The first kappa shape index (κ1) is 11.5. The third kappa shape index (κ3) is 2.44. The average molecular weight is 210 g/mol. The lowest BCUT2D eigenvalue weighted by Crippen LogP contribution is -2.29. The van der Waals surface area contributed by atoms with Gasteiger partial charge in [0.25, 0.3) is 5.69 Å². The summed E-state index contributed by atoms with van der Waals surface area (Å²) in [6.07, 6.45) is 0. The smallest absolute Gasteiger partial charge is 0.278 e. The quantitative estimate of drug-likeness (QED) is 0.609. The summed E-state index contributed by atoms with van der Waals surface area (Å²) < 4.78 is 4.93. The molecule has 0 aromatic heterocycles. The molecule has 0 saturated heterocycles. The van der Waals surface area contributed by atoms with Crippen molar-refractivity contribution < 1.29 is 9.66 Å². The van der Waals surface area contributed by atoms with E-state index < -0.39 is 10.5 Å². The molecule has 0 fully saturated rings. The Bertz CT molecular complexity index is 383. The monoisotopic (exact) mass is 210 g/mol. The summed E-state index contributed by atoms with van der Waals surface area (Å²) in [6.45, 7) is 3.45. The number of ether oxygens (including phenoxy) is 1.